The van der Waals surface area contributed by atoms with Crippen molar-refractivity contribution in [3.8, 4) is 11.3 Å². The molecule has 0 saturated carbocycles. The van der Waals surface area contributed by atoms with Gasteiger partial charge in [0.2, 0.25) is 0 Å². The second kappa shape index (κ2) is 9.16. The minimum absolute atomic E-state index is 0.688. The zero-order chi connectivity index (χ0) is 24.5. The number of aromatic amines is 1. The first kappa shape index (κ1) is 22.5. The standard InChI is InChI=1S/C29H27N5S/c1-17(32-27-8-6-5-7-25(27)30)21-9-12-23(13-10-21)31-18(2)29-19(3)33-26-14-11-22(15-24(26)29)28-16-35-20(4)34-28/h5-16,31-33H,1,3,30H2,2,4H3/b29-18+. The Hall–Kier alpha value is -4.29. The summed E-state index contributed by atoms with van der Waals surface area (Å²) in [6.45, 7) is 12.5. The number of H-pyrrole nitrogens is 1. The van der Waals surface area contributed by atoms with Crippen molar-refractivity contribution >= 4 is 57.3 Å². The van der Waals surface area contributed by atoms with Crippen LogP contribution in [0.1, 0.15) is 17.5 Å². The summed E-state index contributed by atoms with van der Waals surface area (Å²) in [6, 6.07) is 22.2. The molecular weight excluding hydrogens is 450 g/mol. The van der Waals surface area contributed by atoms with Crippen LogP contribution in [0.2, 0.25) is 0 Å². The maximum absolute atomic E-state index is 6.04. The molecule has 5 nitrogen and oxygen atoms in total. The molecule has 2 aromatic heterocycles. The molecule has 174 valence electrons. The van der Waals surface area contributed by atoms with E-state index < -0.39 is 0 Å². The molecule has 2 heterocycles. The van der Waals surface area contributed by atoms with E-state index in [9.17, 15) is 0 Å². The van der Waals surface area contributed by atoms with Crippen molar-refractivity contribution in [1.29, 1.82) is 0 Å². The van der Waals surface area contributed by atoms with Crippen LogP contribution >= 0.6 is 11.3 Å². The summed E-state index contributed by atoms with van der Waals surface area (Å²) in [6.07, 6.45) is 0. The molecule has 0 bridgehead atoms. The molecular formula is C29H27N5S. The first-order chi connectivity index (χ1) is 16.9. The van der Waals surface area contributed by atoms with Crippen LogP contribution in [-0.2, 0) is 0 Å². The van der Waals surface area contributed by atoms with E-state index >= 15 is 0 Å². The van der Waals surface area contributed by atoms with Crippen LogP contribution < -0.4 is 26.9 Å². The summed E-state index contributed by atoms with van der Waals surface area (Å²) >= 11 is 1.66. The normalized spacial score (nSPS) is 11.9. The number of para-hydroxylation sites is 2. The van der Waals surface area contributed by atoms with Gasteiger partial charge in [0.1, 0.15) is 0 Å². The molecule has 0 radical (unpaired) electrons. The van der Waals surface area contributed by atoms with Crippen molar-refractivity contribution in [2.45, 2.75) is 13.8 Å². The van der Waals surface area contributed by atoms with E-state index in [-0.39, 0.29) is 0 Å². The Morgan fingerprint density at radius 3 is 2.51 bits per heavy atom. The topological polar surface area (TPSA) is 78.8 Å². The van der Waals surface area contributed by atoms with Crippen molar-refractivity contribution < 1.29 is 0 Å². The molecule has 0 unspecified atom stereocenters. The second-order valence-corrected chi connectivity index (χ2v) is 9.57. The third-order valence-corrected chi connectivity index (χ3v) is 6.75. The van der Waals surface area contributed by atoms with Gasteiger partial charge >= 0.3 is 0 Å². The number of aryl methyl sites for hydroxylation is 1. The average Bonchev–Trinajstić information content (AvgIpc) is 3.42. The maximum Gasteiger partial charge on any atom is 0.0901 e. The number of nitrogens with two attached hydrogens (primary N) is 1. The molecule has 0 fully saturated rings. The third-order valence-electron chi connectivity index (χ3n) is 5.98. The number of fused-ring (bicyclic) bond motifs is 1. The lowest BCUT2D eigenvalue weighted by atomic mass is 10.1. The lowest BCUT2D eigenvalue weighted by Crippen LogP contribution is -2.25. The minimum atomic E-state index is 0.688. The predicted octanol–water partition coefficient (Wildman–Crippen LogP) is 5.92. The van der Waals surface area contributed by atoms with Crippen LogP contribution in [-0.4, -0.2) is 9.97 Å². The van der Waals surface area contributed by atoms with Crippen LogP contribution in [0.15, 0.2) is 78.7 Å². The minimum Gasteiger partial charge on any atom is -0.397 e. The van der Waals surface area contributed by atoms with Crippen molar-refractivity contribution in [1.82, 2.24) is 9.97 Å². The number of nitrogens with one attached hydrogen (secondary N) is 3. The largest absolute Gasteiger partial charge is 0.397 e. The molecule has 0 aliphatic heterocycles. The number of hydrogen-bond donors (Lipinski definition) is 4. The number of aromatic nitrogens is 2. The van der Waals surface area contributed by atoms with Gasteiger partial charge in [0.05, 0.1) is 22.1 Å². The number of nitrogen functional groups attached to an aromatic ring is 1. The Morgan fingerprint density at radius 2 is 1.80 bits per heavy atom. The summed E-state index contributed by atoms with van der Waals surface area (Å²) in [5.74, 6) is 0. The highest BCUT2D eigenvalue weighted by Crippen LogP contribution is 2.25. The van der Waals surface area contributed by atoms with Crippen molar-refractivity contribution in [2.24, 2.45) is 0 Å². The van der Waals surface area contributed by atoms with Gasteiger partial charge in [-0.1, -0.05) is 43.5 Å². The van der Waals surface area contributed by atoms with Gasteiger partial charge in [-0.2, -0.15) is 0 Å². The molecule has 0 atom stereocenters. The summed E-state index contributed by atoms with van der Waals surface area (Å²) in [7, 11) is 0. The number of benzene rings is 3. The van der Waals surface area contributed by atoms with E-state index in [1.54, 1.807) is 11.3 Å². The fourth-order valence-electron chi connectivity index (χ4n) is 4.21. The Bertz CT molecular complexity index is 1660. The lowest BCUT2D eigenvalue weighted by molar-refractivity contribution is 1.30. The number of nitrogens with zero attached hydrogens (tertiary/aromatic N) is 1. The quantitative estimate of drug-likeness (QED) is 0.229. The molecule has 0 amide bonds. The van der Waals surface area contributed by atoms with Crippen LogP contribution in [0.3, 0.4) is 0 Å². The van der Waals surface area contributed by atoms with Crippen molar-refractivity contribution in [3.05, 3.63) is 99.8 Å². The molecule has 5 rings (SSSR count). The van der Waals surface area contributed by atoms with E-state index in [1.165, 1.54) is 0 Å². The van der Waals surface area contributed by atoms with Crippen LogP contribution in [0, 0.1) is 6.92 Å². The summed E-state index contributed by atoms with van der Waals surface area (Å²) in [5.41, 5.74) is 14.5. The summed E-state index contributed by atoms with van der Waals surface area (Å²) in [5, 5.41) is 13.1. The van der Waals surface area contributed by atoms with Gasteiger partial charge in [0.25, 0.3) is 0 Å². The Labute approximate surface area is 208 Å². The molecule has 0 saturated heterocycles. The molecule has 0 aliphatic carbocycles. The lowest BCUT2D eigenvalue weighted by Gasteiger charge is -2.13. The SMILES string of the molecule is C=C(Nc1ccccc1N)c1ccc(N/C(C)=c2\c(=C)[nH]c3ccc(-c4csc(C)n4)cc23)cc1. The van der Waals surface area contributed by atoms with E-state index in [2.05, 4.69) is 64.3 Å². The predicted molar refractivity (Wildman–Crippen MR) is 152 cm³/mol. The van der Waals surface area contributed by atoms with E-state index in [0.29, 0.717) is 5.69 Å². The average molecular weight is 478 g/mol. The van der Waals surface area contributed by atoms with Crippen LogP contribution in [0.25, 0.3) is 40.1 Å². The number of hydrogen-bond acceptors (Lipinski definition) is 5. The highest BCUT2D eigenvalue weighted by atomic mass is 32.1. The number of anilines is 3. The fraction of sp³-hybridized carbons (Fsp3) is 0.0690. The molecule has 5 aromatic rings. The Kier molecular flexibility index (Phi) is 5.89. The van der Waals surface area contributed by atoms with Crippen molar-refractivity contribution in [2.75, 3.05) is 16.4 Å². The van der Waals surface area contributed by atoms with Gasteiger partial charge in [-0.3, -0.25) is 0 Å². The van der Waals surface area contributed by atoms with E-state index in [4.69, 9.17) is 5.73 Å². The van der Waals surface area contributed by atoms with E-state index in [0.717, 1.165) is 66.1 Å². The Morgan fingerprint density at radius 1 is 1.03 bits per heavy atom. The first-order valence-corrected chi connectivity index (χ1v) is 12.2. The second-order valence-electron chi connectivity index (χ2n) is 8.51. The summed E-state index contributed by atoms with van der Waals surface area (Å²) in [4.78, 5) is 8.05. The molecule has 0 spiro atoms. The van der Waals surface area contributed by atoms with E-state index in [1.807, 2.05) is 55.5 Å². The third kappa shape index (κ3) is 4.56. The van der Waals surface area contributed by atoms with Gasteiger partial charge in [0.15, 0.2) is 0 Å². The summed E-state index contributed by atoms with van der Waals surface area (Å²) < 4.78 is 0. The van der Waals surface area contributed by atoms with Gasteiger partial charge in [-0.25, -0.2) is 4.98 Å². The fourth-order valence-corrected chi connectivity index (χ4v) is 4.83. The van der Waals surface area contributed by atoms with Gasteiger partial charge in [-0.15, -0.1) is 11.3 Å². The van der Waals surface area contributed by atoms with Gasteiger partial charge in [-0.05, 0) is 55.8 Å². The molecule has 5 N–H and O–H groups in total. The molecule has 35 heavy (non-hydrogen) atoms. The zero-order valence-electron chi connectivity index (χ0n) is 19.8. The first-order valence-electron chi connectivity index (χ1n) is 11.3. The van der Waals surface area contributed by atoms with Gasteiger partial charge in [0, 0.05) is 49.5 Å². The smallest absolute Gasteiger partial charge is 0.0901 e. The highest BCUT2D eigenvalue weighted by molar-refractivity contribution is 7.09. The zero-order valence-corrected chi connectivity index (χ0v) is 20.6. The monoisotopic (exact) mass is 477 g/mol. The molecule has 0 aliphatic rings. The molecule has 3 aromatic carbocycles. The highest BCUT2D eigenvalue weighted by Gasteiger charge is 2.08. The number of rotatable bonds is 6. The Balaban J connectivity index is 1.42. The molecule has 6 heteroatoms. The van der Waals surface area contributed by atoms with Gasteiger partial charge < -0.3 is 21.4 Å². The van der Waals surface area contributed by atoms with Crippen LogP contribution in [0.4, 0.5) is 17.1 Å². The number of thiazole rings is 1. The van der Waals surface area contributed by atoms with Crippen LogP contribution in [0.5, 0.6) is 0 Å². The maximum atomic E-state index is 6.04. The van der Waals surface area contributed by atoms with Crippen molar-refractivity contribution in [3.63, 3.8) is 0 Å².